The highest BCUT2D eigenvalue weighted by molar-refractivity contribution is 7.52. The van der Waals surface area contributed by atoms with Crippen molar-refractivity contribution in [1.82, 2.24) is 15.3 Å². The van der Waals surface area contributed by atoms with Crippen LogP contribution in [0.5, 0.6) is 5.75 Å². The number of rotatable bonds is 10. The number of alkyl halides is 1. The van der Waals surface area contributed by atoms with Gasteiger partial charge in [-0.3, -0.25) is 14.1 Å². The third-order valence-corrected chi connectivity index (χ3v) is 7.09. The fraction of sp³-hybridized carbons (Fsp3) is 0.455. The van der Waals surface area contributed by atoms with Crippen molar-refractivity contribution in [2.45, 2.75) is 56.7 Å². The number of carbonyl (C=O) groups excluding carboxylic acids is 2. The van der Waals surface area contributed by atoms with Crippen LogP contribution in [0, 0.1) is 0 Å². The van der Waals surface area contributed by atoms with Gasteiger partial charge >= 0.3 is 13.7 Å². The highest BCUT2D eigenvalue weighted by Crippen LogP contribution is 2.46. The summed E-state index contributed by atoms with van der Waals surface area (Å²) in [5.74, 6) is -0.541. The van der Waals surface area contributed by atoms with E-state index in [-0.39, 0.29) is 30.2 Å². The number of aliphatic hydroxyl groups excluding tert-OH is 1. The van der Waals surface area contributed by atoms with Gasteiger partial charge in [-0.05, 0) is 32.9 Å². The molecule has 2 aliphatic rings. The van der Waals surface area contributed by atoms with Crippen LogP contribution in [0.2, 0.25) is 0 Å². The average molecular weight is 530 g/mol. The number of benzene rings is 1. The summed E-state index contributed by atoms with van der Waals surface area (Å²) in [6, 6.07) is 7.23. The first-order valence-corrected chi connectivity index (χ1v) is 12.9. The van der Waals surface area contributed by atoms with Gasteiger partial charge in [-0.25, -0.2) is 4.57 Å². The van der Waals surface area contributed by atoms with E-state index in [9.17, 15) is 19.3 Å². The van der Waals surface area contributed by atoms with Gasteiger partial charge < -0.3 is 29.3 Å². The molecule has 0 unspecified atom stereocenters. The molecular formula is C22H29ClN3O8P. The molecule has 192 valence electrons. The number of para-hydroxylation sites is 1. The molecule has 1 amide bonds. The monoisotopic (exact) mass is 529 g/mol. The third kappa shape index (κ3) is 7.07. The summed E-state index contributed by atoms with van der Waals surface area (Å²) in [6.45, 7) is 8.20. The Morgan fingerprint density at radius 3 is 2.66 bits per heavy atom. The third-order valence-electron chi connectivity index (χ3n) is 4.97. The van der Waals surface area contributed by atoms with Gasteiger partial charge in [0.15, 0.2) is 6.23 Å². The van der Waals surface area contributed by atoms with Crippen LogP contribution < -0.4 is 14.9 Å². The lowest BCUT2D eigenvalue weighted by atomic mass is 10.2. The van der Waals surface area contributed by atoms with Crippen molar-refractivity contribution in [3.63, 3.8) is 0 Å². The second kappa shape index (κ2) is 11.6. The minimum absolute atomic E-state index is 0.221. The molecule has 1 fully saturated rings. The molecule has 1 saturated heterocycles. The lowest BCUT2D eigenvalue weighted by Crippen LogP contribution is -2.44. The van der Waals surface area contributed by atoms with Crippen LogP contribution in [0.25, 0.3) is 0 Å². The van der Waals surface area contributed by atoms with Crippen LogP contribution in [0.15, 0.2) is 55.0 Å². The summed E-state index contributed by atoms with van der Waals surface area (Å²) in [6.07, 6.45) is -0.773. The van der Waals surface area contributed by atoms with E-state index < -0.39 is 43.6 Å². The van der Waals surface area contributed by atoms with E-state index in [0.29, 0.717) is 0 Å². The van der Waals surface area contributed by atoms with Gasteiger partial charge in [0.25, 0.3) is 5.91 Å². The average Bonchev–Trinajstić information content (AvgIpc) is 3.06. The van der Waals surface area contributed by atoms with Crippen LogP contribution in [0.1, 0.15) is 20.8 Å². The van der Waals surface area contributed by atoms with E-state index in [0.717, 1.165) is 0 Å². The van der Waals surface area contributed by atoms with E-state index >= 15 is 0 Å². The first kappa shape index (κ1) is 27.2. The van der Waals surface area contributed by atoms with Gasteiger partial charge in [-0.2, -0.15) is 5.09 Å². The van der Waals surface area contributed by atoms with Crippen molar-refractivity contribution in [1.29, 1.82) is 0 Å². The number of nitrogens with zero attached hydrogens (tertiary/aromatic N) is 1. The summed E-state index contributed by atoms with van der Waals surface area (Å²) in [7, 11) is -4.15. The first-order chi connectivity index (χ1) is 16.5. The maximum atomic E-state index is 13.6. The van der Waals surface area contributed by atoms with Crippen molar-refractivity contribution < 1.29 is 37.8 Å². The molecule has 35 heavy (non-hydrogen) atoms. The number of amides is 1. The smallest absolute Gasteiger partial charge is 0.459 e. The predicted octanol–water partition coefficient (Wildman–Crippen LogP) is 2.23. The zero-order valence-electron chi connectivity index (χ0n) is 19.5. The Bertz CT molecular complexity index is 1010. The quantitative estimate of drug-likeness (QED) is 0.235. The van der Waals surface area contributed by atoms with E-state index in [1.54, 1.807) is 44.2 Å². The van der Waals surface area contributed by atoms with Crippen molar-refractivity contribution in [3.05, 3.63) is 55.0 Å². The van der Waals surface area contributed by atoms with Crippen LogP contribution in [-0.4, -0.2) is 64.4 Å². The van der Waals surface area contributed by atoms with E-state index in [1.807, 2.05) is 0 Å². The minimum atomic E-state index is -4.15. The fourth-order valence-corrected chi connectivity index (χ4v) is 5.14. The molecule has 0 aliphatic carbocycles. The van der Waals surface area contributed by atoms with Crippen LogP contribution in [0.4, 0.5) is 0 Å². The highest BCUT2D eigenvalue weighted by atomic mass is 35.5. The second-order valence-electron chi connectivity index (χ2n) is 8.19. The number of esters is 1. The van der Waals surface area contributed by atoms with Gasteiger partial charge in [0.2, 0.25) is 0 Å². The summed E-state index contributed by atoms with van der Waals surface area (Å²) >= 11 is 6.38. The Kier molecular flexibility index (Phi) is 8.98. The molecule has 0 spiro atoms. The maximum Gasteiger partial charge on any atom is 0.459 e. The van der Waals surface area contributed by atoms with Crippen molar-refractivity contribution in [2.75, 3.05) is 6.61 Å². The standard InChI is InChI=1S/C22H29ClN3O8P/c1-13(2)32-22(29)14(3)25-35(30,34-16-8-6-5-7-9-16)31-12-17-20(28)19(23)21(33-17)26-11-10-18(27)24-15(26)4/h5-11,13-14,17,19-21,28H,4,12H2,1-3H3,(H,24,27)(H,25,30)/t14-,17-,19-,20-,21-,35-/m1/s1. The summed E-state index contributed by atoms with van der Waals surface area (Å²) in [5, 5.41) is 14.8. The predicted molar refractivity (Wildman–Crippen MR) is 127 cm³/mol. The molecule has 6 atom stereocenters. The van der Waals surface area contributed by atoms with Crippen LogP contribution >= 0.6 is 19.3 Å². The van der Waals surface area contributed by atoms with Gasteiger partial charge in [-0.15, -0.1) is 11.6 Å². The molecule has 1 aromatic carbocycles. The van der Waals surface area contributed by atoms with E-state index in [4.69, 9.17) is 30.1 Å². The number of ether oxygens (including phenoxy) is 2. The van der Waals surface area contributed by atoms with E-state index in [1.165, 1.54) is 24.1 Å². The zero-order valence-corrected chi connectivity index (χ0v) is 21.1. The van der Waals surface area contributed by atoms with Crippen LogP contribution in [-0.2, 0) is 28.2 Å². The molecule has 2 aliphatic heterocycles. The number of hydrogen-bond acceptors (Lipinski definition) is 9. The Morgan fingerprint density at radius 1 is 1.34 bits per heavy atom. The molecule has 2 heterocycles. The second-order valence-corrected chi connectivity index (χ2v) is 10.4. The minimum Gasteiger partial charge on any atom is -0.462 e. The molecule has 0 bridgehead atoms. The van der Waals surface area contributed by atoms with Crippen LogP contribution in [0.3, 0.4) is 0 Å². The molecule has 0 saturated carbocycles. The van der Waals surface area contributed by atoms with Gasteiger partial charge in [0.05, 0.1) is 12.7 Å². The molecule has 11 nitrogen and oxygen atoms in total. The number of hydrogen-bond donors (Lipinski definition) is 3. The van der Waals surface area contributed by atoms with Gasteiger partial charge in [0.1, 0.15) is 35.2 Å². The topological polar surface area (TPSA) is 136 Å². The molecule has 0 aromatic heterocycles. The number of nitrogens with one attached hydrogen (secondary N) is 2. The largest absolute Gasteiger partial charge is 0.462 e. The Hall–Kier alpha value is -2.40. The fourth-order valence-electron chi connectivity index (χ4n) is 3.30. The first-order valence-electron chi connectivity index (χ1n) is 10.9. The molecule has 1 aromatic rings. The molecular weight excluding hydrogens is 501 g/mol. The number of carbonyl (C=O) groups is 2. The number of aliphatic hydroxyl groups is 1. The molecule has 3 N–H and O–H groups in total. The molecule has 3 rings (SSSR count). The lowest BCUT2D eigenvalue weighted by molar-refractivity contribution is -0.149. The van der Waals surface area contributed by atoms with Crippen molar-refractivity contribution >= 4 is 31.2 Å². The molecule has 13 heteroatoms. The Morgan fingerprint density at radius 2 is 2.03 bits per heavy atom. The summed E-state index contributed by atoms with van der Waals surface area (Å²) in [5.41, 5.74) is 0. The Balaban J connectivity index is 1.72. The summed E-state index contributed by atoms with van der Waals surface area (Å²) in [4.78, 5) is 25.2. The van der Waals surface area contributed by atoms with Gasteiger partial charge in [-0.1, -0.05) is 24.8 Å². The molecule has 0 radical (unpaired) electrons. The summed E-state index contributed by atoms with van der Waals surface area (Å²) < 4.78 is 35.7. The normalized spacial score (nSPS) is 26.9. The number of halogens is 1. The van der Waals surface area contributed by atoms with Crippen molar-refractivity contribution in [3.8, 4) is 5.75 Å². The SMILES string of the molecule is C=C1NC(=O)C=CN1[C@@H]1O[C@H](CO[P@](=O)(N[C@H](C)C(=O)OC(C)C)Oc2ccccc2)[C@@H](O)[C@H]1Cl. The maximum absolute atomic E-state index is 13.6. The van der Waals surface area contributed by atoms with E-state index in [2.05, 4.69) is 17.0 Å². The Labute approximate surface area is 208 Å². The zero-order chi connectivity index (χ0) is 25.8. The lowest BCUT2D eigenvalue weighted by Gasteiger charge is -2.32. The van der Waals surface area contributed by atoms with Crippen molar-refractivity contribution in [2.24, 2.45) is 0 Å². The highest BCUT2D eigenvalue weighted by Gasteiger charge is 2.47. The van der Waals surface area contributed by atoms with Gasteiger partial charge in [0, 0.05) is 12.3 Å².